The Morgan fingerprint density at radius 2 is 2.00 bits per heavy atom. The lowest BCUT2D eigenvalue weighted by Crippen LogP contribution is -2.21. The van der Waals surface area contributed by atoms with E-state index in [9.17, 15) is 24.5 Å². The highest BCUT2D eigenvalue weighted by molar-refractivity contribution is 7.18. The van der Waals surface area contributed by atoms with Crippen molar-refractivity contribution in [2.24, 2.45) is 5.73 Å². The fourth-order valence-electron chi connectivity index (χ4n) is 2.44. The zero-order valence-corrected chi connectivity index (χ0v) is 17.5. The van der Waals surface area contributed by atoms with Crippen LogP contribution in [0.1, 0.15) is 45.1 Å². The number of aromatic nitrogens is 2. The van der Waals surface area contributed by atoms with Crippen LogP contribution in [-0.4, -0.2) is 38.6 Å². The fourth-order valence-corrected chi connectivity index (χ4v) is 3.70. The monoisotopic (exact) mass is 443 g/mol. The molecule has 0 aliphatic rings. The molecule has 29 heavy (non-hydrogen) atoms. The topological polar surface area (TPSA) is 159 Å². The Hall–Kier alpha value is -2.99. The van der Waals surface area contributed by atoms with Gasteiger partial charge in [-0.25, -0.2) is 4.79 Å². The predicted molar refractivity (Wildman–Crippen MR) is 105 cm³/mol. The highest BCUT2D eigenvalue weighted by Gasteiger charge is 2.28. The highest BCUT2D eigenvalue weighted by Crippen LogP contribution is 2.34. The van der Waals surface area contributed by atoms with Crippen LogP contribution in [0.25, 0.3) is 0 Å². The summed E-state index contributed by atoms with van der Waals surface area (Å²) in [5.41, 5.74) is 5.87. The van der Waals surface area contributed by atoms with Crippen molar-refractivity contribution in [2.45, 2.75) is 40.3 Å². The third kappa shape index (κ3) is 4.71. The van der Waals surface area contributed by atoms with Crippen LogP contribution in [0.3, 0.4) is 0 Å². The van der Waals surface area contributed by atoms with Crippen LogP contribution >= 0.6 is 22.9 Å². The first-order valence-electron chi connectivity index (χ1n) is 8.25. The number of amides is 2. The van der Waals surface area contributed by atoms with E-state index in [1.807, 2.05) is 0 Å². The standard InChI is InChI=1S/C16H18ClN5O6S/c1-6(2)28-16(25)10-7(3)12(13(18)24)29-15(10)19-9(23)5-21-8(4)11(17)14(20-21)22(26)27/h6H,5H2,1-4H3,(H2,18,24)(H,19,23). The van der Waals surface area contributed by atoms with Gasteiger partial charge < -0.3 is 25.9 Å². The molecule has 0 saturated carbocycles. The molecule has 2 amide bonds. The van der Waals surface area contributed by atoms with Gasteiger partial charge in [0, 0.05) is 0 Å². The van der Waals surface area contributed by atoms with E-state index in [0.29, 0.717) is 0 Å². The molecule has 3 N–H and O–H groups in total. The second-order valence-electron chi connectivity index (χ2n) is 6.26. The fraction of sp³-hybridized carbons (Fsp3) is 0.375. The molecule has 0 bridgehead atoms. The second kappa shape index (κ2) is 8.57. The number of esters is 1. The number of carbonyl (C=O) groups excluding carboxylic acids is 3. The van der Waals surface area contributed by atoms with Crippen molar-refractivity contribution < 1.29 is 24.0 Å². The van der Waals surface area contributed by atoms with Crippen molar-refractivity contribution >= 4 is 51.5 Å². The van der Waals surface area contributed by atoms with E-state index >= 15 is 0 Å². The Bertz CT molecular complexity index is 1010. The molecule has 2 heterocycles. The van der Waals surface area contributed by atoms with Crippen molar-refractivity contribution in [1.29, 1.82) is 0 Å². The van der Waals surface area contributed by atoms with Crippen LogP contribution < -0.4 is 11.1 Å². The van der Waals surface area contributed by atoms with Crippen molar-refractivity contribution in [3.63, 3.8) is 0 Å². The molecule has 0 spiro atoms. The number of nitro groups is 1. The number of hydrogen-bond donors (Lipinski definition) is 2. The third-order valence-electron chi connectivity index (χ3n) is 3.75. The number of hydrogen-bond acceptors (Lipinski definition) is 8. The number of anilines is 1. The van der Waals surface area contributed by atoms with Gasteiger partial charge >= 0.3 is 11.8 Å². The van der Waals surface area contributed by atoms with Gasteiger partial charge in [0.05, 0.1) is 27.3 Å². The van der Waals surface area contributed by atoms with Crippen LogP contribution in [0.2, 0.25) is 5.02 Å². The van der Waals surface area contributed by atoms with E-state index in [-0.39, 0.29) is 31.7 Å². The van der Waals surface area contributed by atoms with Gasteiger partial charge in [-0.1, -0.05) is 11.6 Å². The Balaban J connectivity index is 2.33. The number of thiophene rings is 1. The molecule has 0 aliphatic heterocycles. The summed E-state index contributed by atoms with van der Waals surface area (Å²) in [5.74, 6) is -2.68. The van der Waals surface area contributed by atoms with Crippen LogP contribution in [-0.2, 0) is 16.1 Å². The molecule has 0 fully saturated rings. The van der Waals surface area contributed by atoms with Gasteiger partial charge in [-0.2, -0.15) is 4.68 Å². The minimum atomic E-state index is -0.758. The summed E-state index contributed by atoms with van der Waals surface area (Å²) in [5, 5.41) is 17.0. The molecule has 11 nitrogen and oxygen atoms in total. The predicted octanol–water partition coefficient (Wildman–Crippen LogP) is 2.43. The molecular formula is C16H18ClN5O6S. The number of halogens is 1. The summed E-state index contributed by atoms with van der Waals surface area (Å²) in [6.45, 7) is 5.90. The molecule has 156 valence electrons. The Labute approximate surface area is 173 Å². The van der Waals surface area contributed by atoms with E-state index in [1.165, 1.54) is 13.8 Å². The highest BCUT2D eigenvalue weighted by atomic mass is 35.5. The first-order valence-corrected chi connectivity index (χ1v) is 9.44. The van der Waals surface area contributed by atoms with Crippen molar-refractivity contribution in [3.8, 4) is 0 Å². The number of primary amides is 1. The summed E-state index contributed by atoms with van der Waals surface area (Å²) in [7, 11) is 0. The molecule has 13 heteroatoms. The smallest absolute Gasteiger partial charge is 0.408 e. The molecule has 0 aliphatic carbocycles. The maximum atomic E-state index is 12.5. The lowest BCUT2D eigenvalue weighted by atomic mass is 10.1. The number of nitrogens with zero attached hydrogens (tertiary/aromatic N) is 3. The van der Waals surface area contributed by atoms with Gasteiger partial charge in [-0.15, -0.1) is 11.3 Å². The number of nitrogens with two attached hydrogens (primary N) is 1. The molecular weight excluding hydrogens is 426 g/mol. The van der Waals surface area contributed by atoms with Gasteiger partial charge in [0.1, 0.15) is 11.5 Å². The summed E-state index contributed by atoms with van der Waals surface area (Å²) in [6.07, 6.45) is -0.420. The minimum Gasteiger partial charge on any atom is -0.459 e. The number of rotatable bonds is 7. The van der Waals surface area contributed by atoms with Crippen LogP contribution in [0.4, 0.5) is 10.8 Å². The molecule has 2 aromatic heterocycles. The summed E-state index contributed by atoms with van der Waals surface area (Å²) in [4.78, 5) is 46.8. The second-order valence-corrected chi connectivity index (χ2v) is 7.66. The van der Waals surface area contributed by atoms with Crippen LogP contribution in [0, 0.1) is 24.0 Å². The van der Waals surface area contributed by atoms with Crippen molar-refractivity contribution in [2.75, 3.05) is 5.32 Å². The third-order valence-corrected chi connectivity index (χ3v) is 5.42. The molecule has 0 atom stereocenters. The van der Waals surface area contributed by atoms with E-state index in [0.717, 1.165) is 16.0 Å². The number of carbonyl (C=O) groups is 3. The minimum absolute atomic E-state index is 0.0204. The average molecular weight is 444 g/mol. The van der Waals surface area contributed by atoms with Gasteiger partial charge in [-0.05, 0) is 38.2 Å². The largest absolute Gasteiger partial charge is 0.459 e. The maximum Gasteiger partial charge on any atom is 0.408 e. The maximum absolute atomic E-state index is 12.5. The Morgan fingerprint density at radius 3 is 2.48 bits per heavy atom. The first kappa shape index (κ1) is 22.3. The molecule has 2 rings (SSSR count). The number of ether oxygens (including phenoxy) is 1. The van der Waals surface area contributed by atoms with Gasteiger partial charge in [0.25, 0.3) is 5.91 Å². The average Bonchev–Trinajstić information content (AvgIpc) is 3.05. The summed E-state index contributed by atoms with van der Waals surface area (Å²) < 4.78 is 6.24. The van der Waals surface area contributed by atoms with E-state index in [4.69, 9.17) is 22.1 Å². The number of nitrogens with one attached hydrogen (secondary N) is 1. The van der Waals surface area contributed by atoms with Gasteiger partial charge in [-0.3, -0.25) is 9.59 Å². The normalized spacial score (nSPS) is 10.8. The quantitative estimate of drug-likeness (QED) is 0.377. The zero-order chi connectivity index (χ0) is 22.0. The van der Waals surface area contributed by atoms with Gasteiger partial charge in [0.2, 0.25) is 5.91 Å². The lowest BCUT2D eigenvalue weighted by Gasteiger charge is -2.10. The molecule has 2 aromatic rings. The molecule has 0 unspecified atom stereocenters. The van der Waals surface area contributed by atoms with E-state index < -0.39 is 41.2 Å². The summed E-state index contributed by atoms with van der Waals surface area (Å²) in [6, 6.07) is 0. The zero-order valence-electron chi connectivity index (χ0n) is 15.9. The van der Waals surface area contributed by atoms with Gasteiger partial charge in [0.15, 0.2) is 5.02 Å². The van der Waals surface area contributed by atoms with Crippen LogP contribution in [0.15, 0.2) is 0 Å². The first-order chi connectivity index (χ1) is 13.4. The Morgan fingerprint density at radius 1 is 1.38 bits per heavy atom. The molecule has 0 saturated heterocycles. The van der Waals surface area contributed by atoms with E-state index in [2.05, 4.69) is 10.4 Å². The summed E-state index contributed by atoms with van der Waals surface area (Å²) >= 11 is 6.69. The lowest BCUT2D eigenvalue weighted by molar-refractivity contribution is -0.389. The molecule has 0 aromatic carbocycles. The van der Waals surface area contributed by atoms with Crippen molar-refractivity contribution in [1.82, 2.24) is 9.78 Å². The van der Waals surface area contributed by atoms with E-state index in [1.54, 1.807) is 13.8 Å². The molecule has 0 radical (unpaired) electrons. The van der Waals surface area contributed by atoms with Crippen molar-refractivity contribution in [3.05, 3.63) is 36.8 Å². The Kier molecular flexibility index (Phi) is 6.59. The van der Waals surface area contributed by atoms with Crippen LogP contribution in [0.5, 0.6) is 0 Å². The SMILES string of the molecule is Cc1c(C(N)=O)sc(NC(=O)Cn2nc([N+](=O)[O-])c(Cl)c2C)c1C(=O)OC(C)C.